The van der Waals surface area contributed by atoms with Crippen molar-refractivity contribution < 1.29 is 0 Å². The van der Waals surface area contributed by atoms with Gasteiger partial charge in [-0.1, -0.05) is 0 Å². The Balaban J connectivity index is 0.000000299. The second kappa shape index (κ2) is 16.6. The minimum absolute atomic E-state index is 1.20. The van der Waals surface area contributed by atoms with E-state index in [0.29, 0.717) is 0 Å². The Hall–Kier alpha value is -0.239. The van der Waals surface area contributed by atoms with Crippen LogP contribution in [0.4, 0.5) is 0 Å². The van der Waals surface area contributed by atoms with Gasteiger partial charge in [-0.2, -0.15) is 0 Å². The topological polar surface area (TPSA) is 0 Å². The molecule has 0 aromatic heterocycles. The first kappa shape index (κ1) is 22.8. The number of benzene rings is 3. The predicted octanol–water partition coefficient (Wildman–Crippen LogP) is 1.64. The van der Waals surface area contributed by atoms with Gasteiger partial charge < -0.3 is 0 Å². The van der Waals surface area contributed by atoms with Crippen LogP contribution < -0.4 is 13.4 Å². The summed E-state index contributed by atoms with van der Waals surface area (Å²) in [5, 5.41) is 0. The van der Waals surface area contributed by atoms with Crippen LogP contribution >= 0.6 is 0 Å². The molecule has 0 aliphatic rings. The number of hydrogen-bond acceptors (Lipinski definition) is 0. The zero-order valence-electron chi connectivity index (χ0n) is 12.9. The maximum atomic E-state index is 2.90. The summed E-state index contributed by atoms with van der Waals surface area (Å²) in [4.78, 5) is 0. The van der Waals surface area contributed by atoms with Gasteiger partial charge in [0.2, 0.25) is 0 Å². The molecule has 0 saturated heterocycles. The molecule has 3 aromatic rings. The molecule has 0 atom stereocenters. The van der Waals surface area contributed by atoms with E-state index in [0.717, 1.165) is 0 Å². The average Bonchev–Trinajstić information content (AvgIpc) is 2.60. The summed E-state index contributed by atoms with van der Waals surface area (Å²) in [5.74, 6) is 2.00. The van der Waals surface area contributed by atoms with Crippen molar-refractivity contribution in [3.8, 4) is 0 Å². The number of rotatable bonds is 0. The van der Waals surface area contributed by atoms with Crippen molar-refractivity contribution in [2.24, 2.45) is 0 Å². The van der Waals surface area contributed by atoms with E-state index < -0.39 is 0 Å². The molecule has 0 unspecified atom stereocenters. The summed E-state index contributed by atoms with van der Waals surface area (Å²) in [6.45, 7) is 0. The molecular weight excluding hydrogens is 538 g/mol. The fourth-order valence-electron chi connectivity index (χ4n) is 1.26. The summed E-state index contributed by atoms with van der Waals surface area (Å²) in [6.07, 6.45) is 0. The molecule has 0 amide bonds. The van der Waals surface area contributed by atoms with Crippen LogP contribution in [-0.4, -0.2) is 64.6 Å². The first-order valence-corrected chi connectivity index (χ1v) is 11.5. The third kappa shape index (κ3) is 15.1. The van der Waals surface area contributed by atoms with E-state index in [4.69, 9.17) is 0 Å². The molecule has 0 heterocycles. The standard InChI is InChI=1S/3C6H5Se.CH3Ge/c3*7-6-4-2-1-3-5-6;1-2/h3*1-5H;1H3. The normalized spacial score (nSPS) is 8.09. The van der Waals surface area contributed by atoms with Crippen molar-refractivity contribution in [2.75, 3.05) is 0 Å². The zero-order chi connectivity index (χ0) is 17.3. The van der Waals surface area contributed by atoms with Crippen LogP contribution in [0.25, 0.3) is 0 Å². The summed E-state index contributed by atoms with van der Waals surface area (Å²) >= 11 is 10.7. The van der Waals surface area contributed by atoms with Gasteiger partial charge in [0.05, 0.1) is 0 Å². The molecule has 3 rings (SSSR count). The Morgan fingerprint density at radius 3 is 0.696 bits per heavy atom. The van der Waals surface area contributed by atoms with Crippen molar-refractivity contribution in [1.82, 2.24) is 0 Å². The van der Waals surface area contributed by atoms with Gasteiger partial charge in [-0.25, -0.2) is 0 Å². The molecule has 3 aromatic carbocycles. The molecule has 0 N–H and O–H groups in total. The quantitative estimate of drug-likeness (QED) is 0.370. The van der Waals surface area contributed by atoms with Crippen molar-refractivity contribution in [2.45, 2.75) is 5.76 Å². The SMILES string of the molecule is [CH3][Ge].[Se]c1ccccc1.[Se]c1ccccc1.[Se]c1ccccc1. The summed E-state index contributed by atoms with van der Waals surface area (Å²) < 4.78 is 3.59. The van der Waals surface area contributed by atoms with E-state index in [1.165, 1.54) is 13.4 Å². The Labute approximate surface area is 173 Å². The molecule has 0 saturated carbocycles. The van der Waals surface area contributed by atoms with Gasteiger partial charge in [0.25, 0.3) is 0 Å². The molecule has 0 aliphatic heterocycles. The minimum atomic E-state index is 1.20. The van der Waals surface area contributed by atoms with E-state index in [1.54, 1.807) is 0 Å². The van der Waals surface area contributed by atoms with Gasteiger partial charge in [-0.05, 0) is 0 Å². The van der Waals surface area contributed by atoms with Crippen LogP contribution in [0.1, 0.15) is 0 Å². The van der Waals surface area contributed by atoms with E-state index in [2.05, 4.69) is 48.0 Å². The van der Waals surface area contributed by atoms with Crippen molar-refractivity contribution in [1.29, 1.82) is 0 Å². The van der Waals surface area contributed by atoms with Crippen molar-refractivity contribution >= 4 is 77.9 Å². The Bertz CT molecular complexity index is 498. The average molecular weight is 556 g/mol. The van der Waals surface area contributed by atoms with Gasteiger partial charge in [0, 0.05) is 0 Å². The fourth-order valence-corrected chi connectivity index (χ4v) is 2.25. The third-order valence-electron chi connectivity index (χ3n) is 2.23. The molecule has 116 valence electrons. The van der Waals surface area contributed by atoms with Crippen LogP contribution in [-0.2, 0) is 0 Å². The second-order valence-corrected chi connectivity index (χ2v) is 6.91. The van der Waals surface area contributed by atoms with E-state index >= 15 is 0 Å². The maximum absolute atomic E-state index is 2.90. The van der Waals surface area contributed by atoms with E-state index in [9.17, 15) is 0 Å². The predicted molar refractivity (Wildman–Crippen MR) is 107 cm³/mol. The first-order chi connectivity index (χ1) is 11.2. The molecule has 0 bridgehead atoms. The Kier molecular flexibility index (Phi) is 16.4. The van der Waals surface area contributed by atoms with Crippen LogP contribution in [0.2, 0.25) is 5.76 Å². The molecule has 4 heteroatoms. The van der Waals surface area contributed by atoms with Crippen LogP contribution in [0, 0.1) is 0 Å². The van der Waals surface area contributed by atoms with Gasteiger partial charge >= 0.3 is 175 Å². The van der Waals surface area contributed by atoms with Gasteiger partial charge in [-0.3, -0.25) is 0 Å². The van der Waals surface area contributed by atoms with E-state index in [1.807, 2.05) is 113 Å². The summed E-state index contributed by atoms with van der Waals surface area (Å²) in [5.41, 5.74) is 0. The molecule has 23 heavy (non-hydrogen) atoms. The first-order valence-electron chi connectivity index (χ1n) is 6.84. The number of hydrogen-bond donors (Lipinski definition) is 0. The monoisotopic (exact) mass is 560 g/mol. The fraction of sp³-hybridized carbons (Fsp3) is 0.0526. The summed E-state index contributed by atoms with van der Waals surface area (Å²) in [6, 6.07) is 30.2. The second-order valence-electron chi connectivity index (χ2n) is 3.94. The van der Waals surface area contributed by atoms with Crippen LogP contribution in [0.5, 0.6) is 0 Å². The zero-order valence-corrected chi connectivity index (χ0v) is 20.1. The molecule has 0 nitrogen and oxygen atoms in total. The molecule has 6 radical (unpaired) electrons. The van der Waals surface area contributed by atoms with Crippen LogP contribution in [0.3, 0.4) is 0 Å². The molecule has 0 fully saturated rings. The molecular formula is C19H18GeSe3. The van der Waals surface area contributed by atoms with Gasteiger partial charge in [0.1, 0.15) is 0 Å². The third-order valence-corrected chi connectivity index (χ3v) is 3.94. The Morgan fingerprint density at radius 1 is 0.435 bits per heavy atom. The molecule has 0 aliphatic carbocycles. The van der Waals surface area contributed by atoms with Crippen molar-refractivity contribution in [3.05, 3.63) is 91.0 Å². The molecule has 0 spiro atoms. The summed E-state index contributed by atoms with van der Waals surface area (Å²) in [7, 11) is 0. The van der Waals surface area contributed by atoms with Gasteiger partial charge in [0.15, 0.2) is 0 Å². The van der Waals surface area contributed by atoms with E-state index in [-0.39, 0.29) is 0 Å². The van der Waals surface area contributed by atoms with Gasteiger partial charge in [-0.15, -0.1) is 0 Å². The Morgan fingerprint density at radius 2 is 0.609 bits per heavy atom. The van der Waals surface area contributed by atoms with Crippen molar-refractivity contribution in [3.63, 3.8) is 0 Å². The van der Waals surface area contributed by atoms with Crippen LogP contribution in [0.15, 0.2) is 91.0 Å².